The van der Waals surface area contributed by atoms with E-state index in [-0.39, 0.29) is 0 Å². The summed E-state index contributed by atoms with van der Waals surface area (Å²) < 4.78 is 1.19. The molecule has 94 valence electrons. The van der Waals surface area contributed by atoms with Gasteiger partial charge in [0.15, 0.2) is 0 Å². The van der Waals surface area contributed by atoms with E-state index in [1.165, 1.54) is 22.1 Å². The molecule has 0 saturated heterocycles. The molecule has 1 aromatic rings. The van der Waals surface area contributed by atoms with E-state index in [4.69, 9.17) is 0 Å². The van der Waals surface area contributed by atoms with Crippen molar-refractivity contribution in [3.05, 3.63) is 28.2 Å². The molecule has 17 heavy (non-hydrogen) atoms. The molecule has 1 heterocycles. The summed E-state index contributed by atoms with van der Waals surface area (Å²) in [5.41, 5.74) is 2.92. The van der Waals surface area contributed by atoms with Crippen LogP contribution in [0, 0.1) is 0 Å². The number of fused-ring (bicyclic) bond motifs is 1. The first-order valence-electron chi connectivity index (χ1n) is 6.34. The topological polar surface area (TPSA) is 15.3 Å². The van der Waals surface area contributed by atoms with Crippen LogP contribution in [0.4, 0.5) is 5.69 Å². The van der Waals surface area contributed by atoms with Crippen LogP contribution in [0.25, 0.3) is 0 Å². The van der Waals surface area contributed by atoms with Crippen LogP contribution in [0.3, 0.4) is 0 Å². The van der Waals surface area contributed by atoms with Gasteiger partial charge in [0.2, 0.25) is 0 Å². The second-order valence-electron chi connectivity index (χ2n) is 5.04. The third-order valence-corrected chi connectivity index (χ3v) is 4.02. The lowest BCUT2D eigenvalue weighted by Crippen LogP contribution is -2.29. The minimum absolute atomic E-state index is 0.578. The minimum atomic E-state index is 0.578. The number of anilines is 1. The molecule has 0 radical (unpaired) electrons. The fourth-order valence-electron chi connectivity index (χ4n) is 2.60. The molecule has 1 atom stereocenters. The van der Waals surface area contributed by atoms with Crippen molar-refractivity contribution in [2.75, 3.05) is 25.0 Å². The number of halogens is 1. The predicted octanol–water partition coefficient (Wildman–Crippen LogP) is 3.37. The highest BCUT2D eigenvalue weighted by Gasteiger charge is 2.29. The van der Waals surface area contributed by atoms with Crippen molar-refractivity contribution in [3.63, 3.8) is 0 Å². The maximum atomic E-state index is 3.58. The van der Waals surface area contributed by atoms with E-state index in [1.54, 1.807) is 0 Å². The number of nitrogens with zero attached hydrogens (tertiary/aromatic N) is 1. The Kier molecular flexibility index (Phi) is 4.10. The lowest BCUT2D eigenvalue weighted by molar-refractivity contribution is 0.588. The number of rotatable bonds is 4. The lowest BCUT2D eigenvalue weighted by atomic mass is 9.98. The Bertz CT molecular complexity index is 390. The van der Waals surface area contributed by atoms with E-state index >= 15 is 0 Å². The van der Waals surface area contributed by atoms with Gasteiger partial charge in [-0.3, -0.25) is 0 Å². The van der Waals surface area contributed by atoms with Crippen molar-refractivity contribution in [3.8, 4) is 0 Å². The zero-order valence-corrected chi connectivity index (χ0v) is 12.4. The molecule has 2 nitrogen and oxygen atoms in total. The number of benzene rings is 1. The van der Waals surface area contributed by atoms with Crippen LogP contribution >= 0.6 is 15.9 Å². The van der Waals surface area contributed by atoms with Crippen molar-refractivity contribution >= 4 is 21.6 Å². The second-order valence-corrected chi connectivity index (χ2v) is 5.95. The molecule has 2 rings (SSSR count). The van der Waals surface area contributed by atoms with Gasteiger partial charge in [0, 0.05) is 28.7 Å². The van der Waals surface area contributed by atoms with Gasteiger partial charge in [0.25, 0.3) is 0 Å². The Balaban J connectivity index is 2.27. The largest absolute Gasteiger partial charge is 0.368 e. The number of hydrogen-bond acceptors (Lipinski definition) is 2. The molecule has 1 aliphatic heterocycles. The van der Waals surface area contributed by atoms with Crippen LogP contribution in [0.15, 0.2) is 22.7 Å². The Hall–Kier alpha value is -0.540. The van der Waals surface area contributed by atoms with E-state index in [2.05, 4.69) is 58.2 Å². The molecule has 1 aliphatic rings. The molecule has 0 aliphatic carbocycles. The summed E-state index contributed by atoms with van der Waals surface area (Å²) in [5.74, 6) is 0.664. The molecule has 1 N–H and O–H groups in total. The van der Waals surface area contributed by atoms with Gasteiger partial charge in [-0.05, 0) is 57.6 Å². The molecule has 0 saturated carbocycles. The zero-order valence-electron chi connectivity index (χ0n) is 10.8. The van der Waals surface area contributed by atoms with E-state index in [9.17, 15) is 0 Å². The first-order chi connectivity index (χ1) is 8.13. The Labute approximate surface area is 113 Å². The van der Waals surface area contributed by atoms with Crippen LogP contribution in [0.2, 0.25) is 0 Å². The van der Waals surface area contributed by atoms with E-state index < -0.39 is 0 Å². The van der Waals surface area contributed by atoms with Crippen LogP contribution in [-0.2, 0) is 0 Å². The molecule has 0 fully saturated rings. The molecular weight excluding hydrogens is 276 g/mol. The maximum absolute atomic E-state index is 3.58. The maximum Gasteiger partial charge on any atom is 0.0405 e. The van der Waals surface area contributed by atoms with Gasteiger partial charge in [-0.1, -0.05) is 15.9 Å². The van der Waals surface area contributed by atoms with Crippen molar-refractivity contribution in [2.24, 2.45) is 0 Å². The first-order valence-corrected chi connectivity index (χ1v) is 7.13. The van der Waals surface area contributed by atoms with E-state index in [0.717, 1.165) is 13.1 Å². The highest BCUT2D eigenvalue weighted by atomic mass is 79.9. The molecule has 3 heteroatoms. The molecule has 1 aromatic carbocycles. The average molecular weight is 297 g/mol. The summed E-state index contributed by atoms with van der Waals surface area (Å²) in [6.45, 7) is 6.78. The van der Waals surface area contributed by atoms with E-state index in [1.807, 2.05) is 7.05 Å². The molecular formula is C14H21BrN2. The van der Waals surface area contributed by atoms with Gasteiger partial charge in [0.1, 0.15) is 0 Å². The fourth-order valence-corrected chi connectivity index (χ4v) is 2.98. The first kappa shape index (κ1) is 12.9. The van der Waals surface area contributed by atoms with Crippen molar-refractivity contribution in [1.29, 1.82) is 0 Å². The summed E-state index contributed by atoms with van der Waals surface area (Å²) in [6.07, 6.45) is 1.21. The molecule has 1 unspecified atom stereocenters. The van der Waals surface area contributed by atoms with Gasteiger partial charge in [0.05, 0.1) is 0 Å². The normalized spacial score (nSPS) is 18.9. The predicted molar refractivity (Wildman–Crippen MR) is 77.9 cm³/mol. The number of hydrogen-bond donors (Lipinski definition) is 1. The van der Waals surface area contributed by atoms with Crippen LogP contribution in [-0.4, -0.2) is 26.2 Å². The molecule has 0 bridgehead atoms. The fraction of sp³-hybridized carbons (Fsp3) is 0.571. The van der Waals surface area contributed by atoms with Gasteiger partial charge in [-0.25, -0.2) is 0 Å². The van der Waals surface area contributed by atoms with Crippen LogP contribution in [0.5, 0.6) is 0 Å². The second kappa shape index (κ2) is 5.40. The molecule has 0 spiro atoms. The highest BCUT2D eigenvalue weighted by molar-refractivity contribution is 9.10. The SMILES string of the molecule is CNCCC1CN(C(C)C)c2ccc(Br)cc21. The van der Waals surface area contributed by atoms with E-state index in [0.29, 0.717) is 12.0 Å². The standard InChI is InChI=1S/C14H21BrN2/c1-10(2)17-9-11(6-7-16-3)13-8-12(15)4-5-14(13)17/h4-5,8,10-11,16H,6-7,9H2,1-3H3. The highest BCUT2D eigenvalue weighted by Crippen LogP contribution is 2.40. The van der Waals surface area contributed by atoms with Crippen molar-refractivity contribution in [2.45, 2.75) is 32.2 Å². The monoisotopic (exact) mass is 296 g/mol. The summed E-state index contributed by atoms with van der Waals surface area (Å²) in [4.78, 5) is 2.52. The van der Waals surface area contributed by atoms with Gasteiger partial charge < -0.3 is 10.2 Å². The van der Waals surface area contributed by atoms with Crippen LogP contribution < -0.4 is 10.2 Å². The lowest BCUT2D eigenvalue weighted by Gasteiger charge is -2.24. The Morgan fingerprint density at radius 1 is 1.47 bits per heavy atom. The minimum Gasteiger partial charge on any atom is -0.368 e. The molecule has 0 aromatic heterocycles. The average Bonchev–Trinajstić information content (AvgIpc) is 2.64. The van der Waals surface area contributed by atoms with Crippen molar-refractivity contribution < 1.29 is 0 Å². The summed E-state index contributed by atoms with van der Waals surface area (Å²) in [5, 5.41) is 3.25. The van der Waals surface area contributed by atoms with Gasteiger partial charge >= 0.3 is 0 Å². The summed E-state index contributed by atoms with van der Waals surface area (Å²) in [7, 11) is 2.02. The van der Waals surface area contributed by atoms with Crippen LogP contribution in [0.1, 0.15) is 31.7 Å². The Morgan fingerprint density at radius 3 is 2.88 bits per heavy atom. The van der Waals surface area contributed by atoms with Gasteiger partial charge in [-0.15, -0.1) is 0 Å². The van der Waals surface area contributed by atoms with Gasteiger partial charge in [-0.2, -0.15) is 0 Å². The summed E-state index contributed by atoms with van der Waals surface area (Å²) in [6, 6.07) is 7.26. The van der Waals surface area contributed by atoms with Crippen molar-refractivity contribution in [1.82, 2.24) is 5.32 Å². The number of nitrogens with one attached hydrogen (secondary N) is 1. The Morgan fingerprint density at radius 2 is 2.24 bits per heavy atom. The quantitative estimate of drug-likeness (QED) is 0.916. The molecule has 0 amide bonds. The smallest absolute Gasteiger partial charge is 0.0405 e. The zero-order chi connectivity index (χ0) is 12.4. The summed E-state index contributed by atoms with van der Waals surface area (Å²) >= 11 is 3.58. The third-order valence-electron chi connectivity index (χ3n) is 3.52. The third kappa shape index (κ3) is 2.66.